The van der Waals surface area contributed by atoms with Crippen LogP contribution in [0.3, 0.4) is 0 Å². The van der Waals surface area contributed by atoms with Crippen molar-refractivity contribution in [3.63, 3.8) is 0 Å². The van der Waals surface area contributed by atoms with E-state index >= 15 is 0 Å². The molecule has 5 atom stereocenters. The molecule has 0 radical (unpaired) electrons. The largest absolute Gasteiger partial charge is 0.491 e. The Morgan fingerprint density at radius 1 is 1.02 bits per heavy atom. The minimum Gasteiger partial charge on any atom is -0.491 e. The summed E-state index contributed by atoms with van der Waals surface area (Å²) in [6, 6.07) is 4.88. The number of ether oxygens (including phenoxy) is 2. The van der Waals surface area contributed by atoms with Crippen molar-refractivity contribution in [3.8, 4) is 5.75 Å². The highest BCUT2D eigenvalue weighted by molar-refractivity contribution is 6.74. The van der Waals surface area contributed by atoms with E-state index in [4.69, 9.17) is 18.3 Å². The van der Waals surface area contributed by atoms with Crippen molar-refractivity contribution < 1.29 is 41.4 Å². The Labute approximate surface area is 283 Å². The highest BCUT2D eigenvalue weighted by Gasteiger charge is 2.47. The van der Waals surface area contributed by atoms with Gasteiger partial charge in [0.1, 0.15) is 12.4 Å². The fourth-order valence-electron chi connectivity index (χ4n) is 5.09. The van der Waals surface area contributed by atoms with E-state index in [0.29, 0.717) is 25.7 Å². The van der Waals surface area contributed by atoms with E-state index in [2.05, 4.69) is 79.9 Å². The fourth-order valence-corrected chi connectivity index (χ4v) is 7.73. The van der Waals surface area contributed by atoms with Crippen LogP contribution in [0.1, 0.15) is 79.2 Å². The van der Waals surface area contributed by atoms with Crippen LogP contribution in [0.25, 0.3) is 0 Å². The van der Waals surface area contributed by atoms with Crippen LogP contribution in [-0.4, -0.2) is 59.7 Å². The molecule has 1 fully saturated rings. The van der Waals surface area contributed by atoms with Gasteiger partial charge in [-0.15, -0.1) is 0 Å². The predicted octanol–water partition coefficient (Wildman–Crippen LogP) is 9.71. The maximum absolute atomic E-state index is 13.3. The molecule has 1 aliphatic carbocycles. The van der Waals surface area contributed by atoms with Gasteiger partial charge in [0.25, 0.3) is 0 Å². The first-order chi connectivity index (χ1) is 21.5. The smallest absolute Gasteiger partial charge is 0.416 e. The Morgan fingerprint density at radius 2 is 1.66 bits per heavy atom. The molecule has 1 aromatic rings. The van der Waals surface area contributed by atoms with Crippen molar-refractivity contribution >= 4 is 22.6 Å². The molecule has 1 saturated carbocycles. The fraction of sp³-hybridized carbons (Fsp3) is 0.694. The number of unbranched alkanes of at least 4 members (excludes halogenated alkanes) is 1. The second-order valence-electron chi connectivity index (χ2n) is 15.8. The number of hydrogen-bond acceptors (Lipinski definition) is 6. The summed E-state index contributed by atoms with van der Waals surface area (Å²) in [5.74, 6) is -0.318. The van der Waals surface area contributed by atoms with E-state index in [1.165, 1.54) is 19.2 Å². The van der Waals surface area contributed by atoms with Gasteiger partial charge in [-0.1, -0.05) is 71.9 Å². The maximum Gasteiger partial charge on any atom is 0.416 e. The van der Waals surface area contributed by atoms with Crippen molar-refractivity contribution in [2.75, 3.05) is 13.7 Å². The molecule has 6 nitrogen and oxygen atoms in total. The Kier molecular flexibility index (Phi) is 14.6. The molecule has 268 valence electrons. The molecule has 0 bridgehead atoms. The molecule has 0 amide bonds. The summed E-state index contributed by atoms with van der Waals surface area (Å²) in [6.45, 7) is 21.7. The average Bonchev–Trinajstić information content (AvgIpc) is 3.22. The Morgan fingerprint density at radius 3 is 2.23 bits per heavy atom. The number of methoxy groups -OCH3 is 1. The number of hydrogen-bond donors (Lipinski definition) is 1. The molecule has 47 heavy (non-hydrogen) atoms. The molecule has 1 aromatic carbocycles. The normalized spacial score (nSPS) is 22.3. The van der Waals surface area contributed by atoms with E-state index < -0.39 is 40.6 Å². The lowest BCUT2D eigenvalue weighted by molar-refractivity contribution is -0.140. The van der Waals surface area contributed by atoms with E-state index in [1.807, 2.05) is 12.2 Å². The van der Waals surface area contributed by atoms with E-state index in [9.17, 15) is 23.1 Å². The second kappa shape index (κ2) is 16.7. The van der Waals surface area contributed by atoms with Crippen LogP contribution in [-0.2, 0) is 24.6 Å². The number of allylic oxidation sites excluding steroid dienone is 2. The lowest BCUT2D eigenvalue weighted by Crippen LogP contribution is -2.45. The number of halogens is 3. The first-order valence-electron chi connectivity index (χ1n) is 16.7. The first-order valence-corrected chi connectivity index (χ1v) is 22.5. The lowest BCUT2D eigenvalue weighted by atomic mass is 9.89. The van der Waals surface area contributed by atoms with Crippen LogP contribution < -0.4 is 4.74 Å². The summed E-state index contributed by atoms with van der Waals surface area (Å²) in [5.41, 5.74) is -0.768. The zero-order valence-corrected chi connectivity index (χ0v) is 32.4. The molecule has 0 saturated heterocycles. The number of aliphatic hydroxyl groups is 1. The van der Waals surface area contributed by atoms with Gasteiger partial charge in [-0.2, -0.15) is 13.2 Å². The van der Waals surface area contributed by atoms with Gasteiger partial charge in [0, 0.05) is 12.3 Å². The summed E-state index contributed by atoms with van der Waals surface area (Å²) >= 11 is 0. The van der Waals surface area contributed by atoms with Crippen LogP contribution in [0, 0.1) is 11.8 Å². The maximum atomic E-state index is 13.3. The van der Waals surface area contributed by atoms with E-state index in [-0.39, 0.29) is 46.3 Å². The van der Waals surface area contributed by atoms with Crippen LogP contribution in [0.15, 0.2) is 48.6 Å². The first kappa shape index (κ1) is 41.2. The van der Waals surface area contributed by atoms with Crippen LogP contribution in [0.2, 0.25) is 36.3 Å². The van der Waals surface area contributed by atoms with Crippen molar-refractivity contribution in [2.24, 2.45) is 11.8 Å². The zero-order chi connectivity index (χ0) is 35.8. The standard InChI is InChI=1S/C36H59F3O6Si2/c1-34(2,3)46(8,9)44-28(25-43-27-18-16-17-26(23-27)36(37,38)39)21-22-29-30(19-14-12-13-15-20-33(41)42-7)32(24-31(29)40)45-47(10,11)35(4,5)6/h12,14,16-18,21-23,28-32,40H,13,15,19-20,24-25H2,1-11H3/b14-12-,22-21+/t28-,29-,30-,31-,32+/m1/s1. The molecule has 11 heteroatoms. The van der Waals surface area contributed by atoms with Gasteiger partial charge < -0.3 is 23.4 Å². The van der Waals surface area contributed by atoms with Crippen molar-refractivity contribution in [2.45, 2.75) is 134 Å². The minimum atomic E-state index is -4.47. The van der Waals surface area contributed by atoms with Gasteiger partial charge in [-0.3, -0.25) is 4.79 Å². The summed E-state index contributed by atoms with van der Waals surface area (Å²) in [5, 5.41) is 11.3. The number of esters is 1. The number of alkyl halides is 3. The van der Waals surface area contributed by atoms with Gasteiger partial charge in [0.2, 0.25) is 0 Å². The van der Waals surface area contributed by atoms with Crippen molar-refractivity contribution in [1.29, 1.82) is 0 Å². The van der Waals surface area contributed by atoms with Crippen molar-refractivity contribution in [1.82, 2.24) is 0 Å². The molecule has 2 rings (SSSR count). The summed E-state index contributed by atoms with van der Waals surface area (Å²) in [4.78, 5) is 11.5. The third-order valence-electron chi connectivity index (χ3n) is 10.1. The number of aliphatic hydroxyl groups excluding tert-OH is 1. The number of carbonyl (C=O) groups excluding carboxylic acids is 1. The monoisotopic (exact) mass is 700 g/mol. The third kappa shape index (κ3) is 12.5. The van der Waals surface area contributed by atoms with Gasteiger partial charge in [-0.05, 0) is 86.1 Å². The van der Waals surface area contributed by atoms with Crippen LogP contribution >= 0.6 is 0 Å². The molecular formula is C36H59F3O6Si2. The molecule has 0 aromatic heterocycles. The van der Waals surface area contributed by atoms with Crippen molar-refractivity contribution in [3.05, 3.63) is 54.1 Å². The molecule has 0 spiro atoms. The number of carbonyl (C=O) groups is 1. The molecule has 0 heterocycles. The van der Waals surface area contributed by atoms with Gasteiger partial charge in [0.05, 0.1) is 31.0 Å². The SMILES string of the molecule is COC(=O)CCC/C=C\C[C@@H]1[C@@H](/C=C/[C@H](COc2cccc(C(F)(F)F)c2)O[Si](C)(C)C(C)(C)C)[C@H](O)C[C@@H]1O[Si](C)(C)C(C)(C)C. The van der Waals surface area contributed by atoms with Gasteiger partial charge in [0.15, 0.2) is 16.6 Å². The van der Waals surface area contributed by atoms with Crippen LogP contribution in [0.5, 0.6) is 5.75 Å². The predicted molar refractivity (Wildman–Crippen MR) is 187 cm³/mol. The molecule has 0 aliphatic heterocycles. The Hall–Kier alpha value is -1.93. The number of rotatable bonds is 15. The third-order valence-corrected chi connectivity index (χ3v) is 19.1. The molecule has 0 unspecified atom stereocenters. The molecule has 1 N–H and O–H groups in total. The summed E-state index contributed by atoms with van der Waals surface area (Å²) in [7, 11) is -3.06. The second-order valence-corrected chi connectivity index (χ2v) is 25.3. The molecular weight excluding hydrogens is 642 g/mol. The summed E-state index contributed by atoms with van der Waals surface area (Å²) < 4.78 is 64.3. The number of benzene rings is 1. The van der Waals surface area contributed by atoms with E-state index in [1.54, 1.807) is 0 Å². The van der Waals surface area contributed by atoms with E-state index in [0.717, 1.165) is 18.6 Å². The highest BCUT2D eigenvalue weighted by atomic mass is 28.4. The Balaban J connectivity index is 2.36. The van der Waals surface area contributed by atoms with Crippen LogP contribution in [0.4, 0.5) is 13.2 Å². The lowest BCUT2D eigenvalue weighted by Gasteiger charge is -2.40. The average molecular weight is 701 g/mol. The quantitative estimate of drug-likeness (QED) is 0.0850. The highest BCUT2D eigenvalue weighted by Crippen LogP contribution is 2.45. The summed E-state index contributed by atoms with van der Waals surface area (Å²) in [6.07, 6.45) is 5.35. The molecule has 1 aliphatic rings. The zero-order valence-electron chi connectivity index (χ0n) is 30.4. The van der Waals surface area contributed by atoms with Gasteiger partial charge in [-0.25, -0.2) is 0 Å². The Bertz CT molecular complexity index is 1200. The minimum absolute atomic E-state index is 0.00299. The topological polar surface area (TPSA) is 74.2 Å². The van der Waals surface area contributed by atoms with Gasteiger partial charge >= 0.3 is 12.1 Å².